The van der Waals surface area contributed by atoms with Gasteiger partial charge in [-0.2, -0.15) is 0 Å². The zero-order valence-corrected chi connectivity index (χ0v) is 8.42. The molecule has 1 fully saturated rings. The molecule has 0 atom stereocenters. The van der Waals surface area contributed by atoms with Gasteiger partial charge in [0.2, 0.25) is 0 Å². The summed E-state index contributed by atoms with van der Waals surface area (Å²) in [7, 11) is 2.21. The Morgan fingerprint density at radius 2 is 1.92 bits per heavy atom. The minimum atomic E-state index is 0.819. The lowest BCUT2D eigenvalue weighted by molar-refractivity contribution is 0.184. The summed E-state index contributed by atoms with van der Waals surface area (Å²) in [5.41, 5.74) is 0. The molecule has 0 aromatic heterocycles. The van der Waals surface area contributed by atoms with Crippen LogP contribution >= 0.6 is 0 Å². The summed E-state index contributed by atoms with van der Waals surface area (Å²) in [6.07, 6.45) is 7.58. The topological polar surface area (TPSA) is 3.24 Å². The van der Waals surface area contributed by atoms with Gasteiger partial charge in [0.25, 0.3) is 0 Å². The molecule has 1 rings (SSSR count). The number of hydrogen-bond donors (Lipinski definition) is 0. The molecule has 1 nitrogen and oxygen atoms in total. The van der Waals surface area contributed by atoms with Crippen LogP contribution in [0.1, 0.15) is 32.6 Å². The average molecular weight is 167 g/mol. The first-order valence-corrected chi connectivity index (χ1v) is 5.05. The van der Waals surface area contributed by atoms with Crippen LogP contribution in [0.15, 0.2) is 12.7 Å². The van der Waals surface area contributed by atoms with Gasteiger partial charge in [0, 0.05) is 12.6 Å². The Labute approximate surface area is 76.5 Å². The summed E-state index contributed by atoms with van der Waals surface area (Å²) in [4.78, 5) is 2.43. The van der Waals surface area contributed by atoms with Crippen LogP contribution in [0, 0.1) is 5.92 Å². The van der Waals surface area contributed by atoms with E-state index in [0.29, 0.717) is 0 Å². The third kappa shape index (κ3) is 2.63. The van der Waals surface area contributed by atoms with Crippen molar-refractivity contribution >= 4 is 0 Å². The quantitative estimate of drug-likeness (QED) is 0.584. The molecule has 0 bridgehead atoms. The number of nitrogens with zero attached hydrogens (tertiary/aromatic N) is 1. The molecule has 0 aromatic carbocycles. The van der Waals surface area contributed by atoms with Crippen molar-refractivity contribution in [2.45, 2.75) is 38.6 Å². The lowest BCUT2D eigenvalue weighted by Crippen LogP contribution is -2.34. The van der Waals surface area contributed by atoms with E-state index in [4.69, 9.17) is 0 Å². The van der Waals surface area contributed by atoms with Gasteiger partial charge in [-0.1, -0.05) is 13.0 Å². The van der Waals surface area contributed by atoms with Crippen LogP contribution in [0.25, 0.3) is 0 Å². The Morgan fingerprint density at radius 3 is 2.42 bits per heavy atom. The average Bonchev–Trinajstić information content (AvgIpc) is 2.06. The van der Waals surface area contributed by atoms with Crippen molar-refractivity contribution in [1.82, 2.24) is 4.90 Å². The molecule has 1 heteroatoms. The van der Waals surface area contributed by atoms with Gasteiger partial charge in [-0.05, 0) is 38.6 Å². The highest BCUT2D eigenvalue weighted by molar-refractivity contribution is 4.80. The summed E-state index contributed by atoms with van der Waals surface area (Å²) in [5.74, 6) is 0.957. The molecule has 0 amide bonds. The molecule has 0 aliphatic heterocycles. The van der Waals surface area contributed by atoms with Crippen molar-refractivity contribution in [2.24, 2.45) is 5.92 Å². The Bertz CT molecular complexity index is 134. The lowest BCUT2D eigenvalue weighted by Gasteiger charge is -2.32. The van der Waals surface area contributed by atoms with Crippen LogP contribution in [-0.2, 0) is 0 Å². The summed E-state index contributed by atoms with van der Waals surface area (Å²) in [6.45, 7) is 7.17. The van der Waals surface area contributed by atoms with Crippen molar-refractivity contribution in [3.05, 3.63) is 12.7 Å². The summed E-state index contributed by atoms with van der Waals surface area (Å²) in [5, 5.41) is 0. The molecule has 0 saturated heterocycles. The Morgan fingerprint density at radius 1 is 1.33 bits per heavy atom. The molecule has 0 radical (unpaired) electrons. The zero-order chi connectivity index (χ0) is 8.97. The van der Waals surface area contributed by atoms with E-state index in [-0.39, 0.29) is 0 Å². The van der Waals surface area contributed by atoms with Crippen LogP contribution in [-0.4, -0.2) is 24.5 Å². The second-order valence-electron chi connectivity index (χ2n) is 4.14. The summed E-state index contributed by atoms with van der Waals surface area (Å²) >= 11 is 0. The molecule has 1 aliphatic rings. The highest BCUT2D eigenvalue weighted by Crippen LogP contribution is 2.26. The monoisotopic (exact) mass is 167 g/mol. The van der Waals surface area contributed by atoms with Gasteiger partial charge in [0.1, 0.15) is 0 Å². The van der Waals surface area contributed by atoms with E-state index in [1.807, 2.05) is 6.08 Å². The van der Waals surface area contributed by atoms with Crippen molar-refractivity contribution in [3.8, 4) is 0 Å². The van der Waals surface area contributed by atoms with Gasteiger partial charge in [-0.3, -0.25) is 4.90 Å². The number of likely N-dealkylation sites (N-methyl/N-ethyl adjacent to an activating group) is 1. The number of rotatable bonds is 3. The molecule has 0 N–H and O–H groups in total. The fourth-order valence-corrected chi connectivity index (χ4v) is 2.04. The Balaban J connectivity index is 2.28. The largest absolute Gasteiger partial charge is 0.300 e. The molecule has 0 unspecified atom stereocenters. The standard InChI is InChI=1S/C11H21N/c1-4-9-12(3)11-7-5-10(2)6-8-11/h4,10-11H,1,5-9H2,2-3H3. The van der Waals surface area contributed by atoms with E-state index < -0.39 is 0 Å². The van der Waals surface area contributed by atoms with E-state index in [0.717, 1.165) is 18.5 Å². The fraction of sp³-hybridized carbons (Fsp3) is 0.818. The van der Waals surface area contributed by atoms with Crippen molar-refractivity contribution in [1.29, 1.82) is 0 Å². The van der Waals surface area contributed by atoms with Gasteiger partial charge < -0.3 is 0 Å². The highest BCUT2D eigenvalue weighted by Gasteiger charge is 2.20. The van der Waals surface area contributed by atoms with Crippen LogP contribution in [0.3, 0.4) is 0 Å². The fourth-order valence-electron chi connectivity index (χ4n) is 2.04. The van der Waals surface area contributed by atoms with E-state index in [2.05, 4.69) is 25.5 Å². The minimum Gasteiger partial charge on any atom is -0.300 e. The second kappa shape index (κ2) is 4.66. The van der Waals surface area contributed by atoms with Crippen LogP contribution in [0.4, 0.5) is 0 Å². The van der Waals surface area contributed by atoms with Gasteiger partial charge in [-0.25, -0.2) is 0 Å². The molecule has 0 spiro atoms. The van der Waals surface area contributed by atoms with Crippen molar-refractivity contribution in [2.75, 3.05) is 13.6 Å². The van der Waals surface area contributed by atoms with E-state index >= 15 is 0 Å². The maximum absolute atomic E-state index is 3.77. The lowest BCUT2D eigenvalue weighted by atomic mass is 9.87. The first-order valence-electron chi connectivity index (χ1n) is 5.05. The molecule has 0 heterocycles. The smallest absolute Gasteiger partial charge is 0.0160 e. The second-order valence-corrected chi connectivity index (χ2v) is 4.14. The Hall–Kier alpha value is -0.300. The predicted molar refractivity (Wildman–Crippen MR) is 54.2 cm³/mol. The molecule has 1 aliphatic carbocycles. The third-order valence-corrected chi connectivity index (χ3v) is 3.03. The van der Waals surface area contributed by atoms with E-state index in [9.17, 15) is 0 Å². The van der Waals surface area contributed by atoms with Gasteiger partial charge in [0.05, 0.1) is 0 Å². The van der Waals surface area contributed by atoms with Crippen LogP contribution in [0.5, 0.6) is 0 Å². The SMILES string of the molecule is C=CCN(C)C1CCC(C)CC1. The molecular weight excluding hydrogens is 146 g/mol. The highest BCUT2D eigenvalue weighted by atomic mass is 15.1. The third-order valence-electron chi connectivity index (χ3n) is 3.03. The maximum Gasteiger partial charge on any atom is 0.0160 e. The van der Waals surface area contributed by atoms with Gasteiger partial charge in [-0.15, -0.1) is 6.58 Å². The first-order chi connectivity index (χ1) is 5.74. The number of hydrogen-bond acceptors (Lipinski definition) is 1. The molecule has 1 saturated carbocycles. The molecule has 0 aromatic rings. The van der Waals surface area contributed by atoms with Gasteiger partial charge >= 0.3 is 0 Å². The minimum absolute atomic E-state index is 0.819. The molecule has 12 heavy (non-hydrogen) atoms. The molecular formula is C11H21N. The van der Waals surface area contributed by atoms with Crippen LogP contribution in [0.2, 0.25) is 0 Å². The van der Waals surface area contributed by atoms with Crippen molar-refractivity contribution < 1.29 is 0 Å². The van der Waals surface area contributed by atoms with Gasteiger partial charge in [0.15, 0.2) is 0 Å². The van der Waals surface area contributed by atoms with E-state index in [1.54, 1.807) is 0 Å². The van der Waals surface area contributed by atoms with Crippen LogP contribution < -0.4 is 0 Å². The first kappa shape index (κ1) is 9.79. The summed E-state index contributed by atoms with van der Waals surface area (Å²) < 4.78 is 0. The zero-order valence-electron chi connectivity index (χ0n) is 8.42. The van der Waals surface area contributed by atoms with Crippen molar-refractivity contribution in [3.63, 3.8) is 0 Å². The maximum atomic E-state index is 3.77. The summed E-state index contributed by atoms with van der Waals surface area (Å²) in [6, 6.07) is 0.819. The normalized spacial score (nSPS) is 30.6. The predicted octanol–water partition coefficient (Wildman–Crippen LogP) is 2.68. The van der Waals surface area contributed by atoms with E-state index in [1.165, 1.54) is 25.7 Å². The Kier molecular flexibility index (Phi) is 3.80. The molecule has 70 valence electrons.